The van der Waals surface area contributed by atoms with Gasteiger partial charge in [-0.25, -0.2) is 4.79 Å². The van der Waals surface area contributed by atoms with E-state index in [2.05, 4.69) is 22.2 Å². The Morgan fingerprint density at radius 1 is 0.976 bits per heavy atom. The molecule has 216 valence electrons. The fourth-order valence-corrected chi connectivity index (χ4v) is 5.74. The lowest BCUT2D eigenvalue weighted by molar-refractivity contribution is -0.274. The Bertz CT molecular complexity index is 1430. The smallest absolute Gasteiger partial charge is 0.406 e. The van der Waals surface area contributed by atoms with Gasteiger partial charge in [0.15, 0.2) is 0 Å². The number of Topliss-reactive ketones (excluding diaryl/α,β-unsaturated/α-hetero) is 1. The Hall–Kier alpha value is -3.81. The zero-order valence-electron chi connectivity index (χ0n) is 23.6. The van der Waals surface area contributed by atoms with Crippen molar-refractivity contribution in [2.45, 2.75) is 70.8 Å². The fourth-order valence-electron chi connectivity index (χ4n) is 5.74. The van der Waals surface area contributed by atoms with Crippen LogP contribution in [-0.4, -0.2) is 35.2 Å². The standard InChI is InChI=1S/C33H35F3N2O3/c1-32(2,3)37-31(40)38-17-16-26-25(23-10-7-11-24(18-23)41-33(34,35)36)14-12-22(29(26)20-38)13-15-30(39)28-19-27(28)21-8-5-4-6-9-21/h4-12,14,18,27-28H,13,15-17,19-20H2,1-3H3,(H,37,40)/t27-,28+/m1/s1. The zero-order chi connectivity index (χ0) is 29.4. The highest BCUT2D eigenvalue weighted by Gasteiger charge is 2.43. The summed E-state index contributed by atoms with van der Waals surface area (Å²) in [5.74, 6) is 0.283. The van der Waals surface area contributed by atoms with Crippen LogP contribution in [-0.2, 0) is 24.2 Å². The van der Waals surface area contributed by atoms with E-state index in [9.17, 15) is 22.8 Å². The summed E-state index contributed by atoms with van der Waals surface area (Å²) in [7, 11) is 0. The van der Waals surface area contributed by atoms with Gasteiger partial charge >= 0.3 is 12.4 Å². The maximum absolute atomic E-state index is 13.1. The number of alkyl halides is 3. The van der Waals surface area contributed by atoms with Crippen LogP contribution in [0.15, 0.2) is 66.7 Å². The summed E-state index contributed by atoms with van der Waals surface area (Å²) in [6, 6.07) is 19.8. The predicted octanol–water partition coefficient (Wildman–Crippen LogP) is 7.42. The second kappa shape index (κ2) is 11.2. The molecule has 0 bridgehead atoms. The molecule has 0 saturated heterocycles. The first-order valence-electron chi connectivity index (χ1n) is 14.0. The molecule has 41 heavy (non-hydrogen) atoms. The number of hydrogen-bond donors (Lipinski definition) is 1. The molecule has 0 aromatic heterocycles. The minimum absolute atomic E-state index is 0.0398. The lowest BCUT2D eigenvalue weighted by atomic mass is 9.86. The first-order valence-corrected chi connectivity index (χ1v) is 14.0. The van der Waals surface area contributed by atoms with Gasteiger partial charge in [-0.15, -0.1) is 13.2 Å². The number of fused-ring (bicyclic) bond motifs is 1. The molecule has 1 saturated carbocycles. The molecule has 0 unspecified atom stereocenters. The third-order valence-corrected chi connectivity index (χ3v) is 7.73. The van der Waals surface area contributed by atoms with Crippen molar-refractivity contribution in [3.8, 4) is 16.9 Å². The van der Waals surface area contributed by atoms with Gasteiger partial charge in [0.1, 0.15) is 11.5 Å². The van der Waals surface area contributed by atoms with Crippen molar-refractivity contribution < 1.29 is 27.5 Å². The number of carbonyl (C=O) groups is 2. The second-order valence-corrected chi connectivity index (χ2v) is 12.0. The van der Waals surface area contributed by atoms with E-state index in [0.717, 1.165) is 28.7 Å². The van der Waals surface area contributed by atoms with Crippen LogP contribution in [0.4, 0.5) is 18.0 Å². The van der Waals surface area contributed by atoms with Gasteiger partial charge in [0.05, 0.1) is 0 Å². The quantitative estimate of drug-likeness (QED) is 0.325. The zero-order valence-corrected chi connectivity index (χ0v) is 23.6. The van der Waals surface area contributed by atoms with E-state index < -0.39 is 11.9 Å². The normalized spacial score (nSPS) is 18.4. The van der Waals surface area contributed by atoms with E-state index >= 15 is 0 Å². The average molecular weight is 565 g/mol. The molecular formula is C33H35F3N2O3. The molecule has 1 aliphatic heterocycles. The van der Waals surface area contributed by atoms with Crippen LogP contribution in [0.1, 0.15) is 61.8 Å². The number of benzene rings is 3. The first-order chi connectivity index (χ1) is 19.4. The van der Waals surface area contributed by atoms with Gasteiger partial charge in [0, 0.05) is 31.0 Å². The molecule has 0 radical (unpaired) electrons. The molecule has 5 rings (SSSR count). The van der Waals surface area contributed by atoms with Gasteiger partial charge in [-0.2, -0.15) is 0 Å². The number of hydrogen-bond acceptors (Lipinski definition) is 3. The lowest BCUT2D eigenvalue weighted by Gasteiger charge is -2.34. The summed E-state index contributed by atoms with van der Waals surface area (Å²) in [6.45, 7) is 6.62. The summed E-state index contributed by atoms with van der Waals surface area (Å²) in [4.78, 5) is 27.9. The van der Waals surface area contributed by atoms with Crippen molar-refractivity contribution in [2.24, 2.45) is 5.92 Å². The number of ether oxygens (including phenoxy) is 1. The minimum Gasteiger partial charge on any atom is -0.406 e. The first kappa shape index (κ1) is 28.7. The molecule has 8 heteroatoms. The monoisotopic (exact) mass is 564 g/mol. The number of halogens is 3. The van der Waals surface area contributed by atoms with Crippen LogP contribution in [0.2, 0.25) is 0 Å². The number of carbonyl (C=O) groups excluding carboxylic acids is 2. The van der Waals surface area contributed by atoms with E-state index in [4.69, 9.17) is 0 Å². The Labute approximate surface area is 238 Å². The summed E-state index contributed by atoms with van der Waals surface area (Å²) in [6.07, 6.45) is -2.41. The lowest BCUT2D eigenvalue weighted by Crippen LogP contribution is -2.50. The molecule has 5 nitrogen and oxygen atoms in total. The van der Waals surface area contributed by atoms with Crippen molar-refractivity contribution in [1.82, 2.24) is 10.2 Å². The number of nitrogens with zero attached hydrogens (tertiary/aromatic N) is 1. The largest absolute Gasteiger partial charge is 0.573 e. The summed E-state index contributed by atoms with van der Waals surface area (Å²) in [5.41, 5.74) is 5.17. The molecule has 2 amide bonds. The van der Waals surface area contributed by atoms with Crippen LogP contribution < -0.4 is 10.1 Å². The number of nitrogens with one attached hydrogen (secondary N) is 1. The molecule has 2 atom stereocenters. The van der Waals surface area contributed by atoms with E-state index in [1.807, 2.05) is 51.1 Å². The summed E-state index contributed by atoms with van der Waals surface area (Å²) in [5, 5.41) is 3.02. The van der Waals surface area contributed by atoms with Gasteiger partial charge in [0.25, 0.3) is 0 Å². The maximum atomic E-state index is 13.1. The number of ketones is 1. The highest BCUT2D eigenvalue weighted by Crippen LogP contribution is 2.48. The third-order valence-electron chi connectivity index (χ3n) is 7.73. The van der Waals surface area contributed by atoms with Crippen molar-refractivity contribution in [1.29, 1.82) is 0 Å². The molecule has 2 aliphatic rings. The van der Waals surface area contributed by atoms with Gasteiger partial charge < -0.3 is 15.0 Å². The Morgan fingerprint density at radius 2 is 1.73 bits per heavy atom. The number of rotatable bonds is 7. The molecule has 1 N–H and O–H groups in total. The Kier molecular flexibility index (Phi) is 7.86. The van der Waals surface area contributed by atoms with Gasteiger partial charge in [-0.05, 0) is 91.5 Å². The fraction of sp³-hybridized carbons (Fsp3) is 0.394. The minimum atomic E-state index is -4.78. The van der Waals surface area contributed by atoms with Crippen LogP contribution in [0.25, 0.3) is 11.1 Å². The van der Waals surface area contributed by atoms with Gasteiger partial charge in [-0.3, -0.25) is 4.79 Å². The van der Waals surface area contributed by atoms with Crippen molar-refractivity contribution >= 4 is 11.8 Å². The molecule has 3 aromatic rings. The van der Waals surface area contributed by atoms with E-state index in [-0.39, 0.29) is 29.4 Å². The molecular weight excluding hydrogens is 529 g/mol. The van der Waals surface area contributed by atoms with E-state index in [0.29, 0.717) is 37.9 Å². The highest BCUT2D eigenvalue weighted by atomic mass is 19.4. The number of aryl methyl sites for hydroxylation is 1. The highest BCUT2D eigenvalue weighted by molar-refractivity contribution is 5.85. The summed E-state index contributed by atoms with van der Waals surface area (Å²) >= 11 is 0. The van der Waals surface area contributed by atoms with Crippen molar-refractivity contribution in [3.05, 3.63) is 89.0 Å². The van der Waals surface area contributed by atoms with Gasteiger partial charge in [0.2, 0.25) is 0 Å². The summed E-state index contributed by atoms with van der Waals surface area (Å²) < 4.78 is 42.8. The van der Waals surface area contributed by atoms with Gasteiger partial charge in [-0.1, -0.05) is 54.6 Å². The number of urea groups is 1. The van der Waals surface area contributed by atoms with Crippen LogP contribution in [0.3, 0.4) is 0 Å². The topological polar surface area (TPSA) is 58.6 Å². The molecule has 1 aliphatic carbocycles. The predicted molar refractivity (Wildman–Crippen MR) is 152 cm³/mol. The average Bonchev–Trinajstić information content (AvgIpc) is 3.71. The van der Waals surface area contributed by atoms with Crippen LogP contribution >= 0.6 is 0 Å². The molecule has 1 fully saturated rings. The van der Waals surface area contributed by atoms with Crippen molar-refractivity contribution in [2.75, 3.05) is 6.54 Å². The molecule has 1 heterocycles. The third kappa shape index (κ3) is 7.10. The van der Waals surface area contributed by atoms with E-state index in [1.54, 1.807) is 17.0 Å². The van der Waals surface area contributed by atoms with E-state index in [1.165, 1.54) is 17.7 Å². The Balaban J connectivity index is 1.40. The molecule has 3 aromatic carbocycles. The van der Waals surface area contributed by atoms with Crippen LogP contribution in [0.5, 0.6) is 5.75 Å². The second-order valence-electron chi connectivity index (χ2n) is 12.0. The van der Waals surface area contributed by atoms with Crippen LogP contribution in [0, 0.1) is 5.92 Å². The van der Waals surface area contributed by atoms with Crippen molar-refractivity contribution in [3.63, 3.8) is 0 Å². The molecule has 0 spiro atoms. The maximum Gasteiger partial charge on any atom is 0.573 e. The Morgan fingerprint density at radius 3 is 2.44 bits per heavy atom. The SMILES string of the molecule is CC(C)(C)NC(=O)N1CCc2c(-c3cccc(OC(F)(F)F)c3)ccc(CCC(=O)[C@H]3C[C@@H]3c3ccccc3)c2C1. The number of amides is 2.